The Labute approximate surface area is 121 Å². The number of carbonyl (C=O) groups is 1. The number of carbonyl (C=O) groups excluding carboxylic acids is 1. The summed E-state index contributed by atoms with van der Waals surface area (Å²) in [6.07, 6.45) is 3.45. The Morgan fingerprint density at radius 2 is 2.15 bits per heavy atom. The first-order valence-corrected chi connectivity index (χ1v) is 7.78. The normalized spacial score (nSPS) is 27.8. The van der Waals surface area contributed by atoms with Crippen LogP contribution in [0.3, 0.4) is 0 Å². The van der Waals surface area contributed by atoms with Crippen LogP contribution in [-0.2, 0) is 11.3 Å². The summed E-state index contributed by atoms with van der Waals surface area (Å²) >= 11 is 0. The fourth-order valence-electron chi connectivity index (χ4n) is 3.67. The third-order valence-corrected chi connectivity index (χ3v) is 4.93. The minimum Gasteiger partial charge on any atom is -0.338 e. The van der Waals surface area contributed by atoms with E-state index in [4.69, 9.17) is 0 Å². The van der Waals surface area contributed by atoms with Crippen LogP contribution in [0.5, 0.6) is 0 Å². The Hall–Kier alpha value is -1.35. The van der Waals surface area contributed by atoms with E-state index < -0.39 is 0 Å². The molecule has 3 unspecified atom stereocenters. The number of hydrogen-bond donors (Lipinski definition) is 1. The number of aryl methyl sites for hydroxylation is 1. The summed E-state index contributed by atoms with van der Waals surface area (Å²) in [5.41, 5.74) is 2.53. The van der Waals surface area contributed by atoms with Crippen LogP contribution in [0.1, 0.15) is 37.3 Å². The number of nitrogens with zero attached hydrogens (tertiary/aromatic N) is 1. The van der Waals surface area contributed by atoms with Gasteiger partial charge in [-0.3, -0.25) is 4.79 Å². The van der Waals surface area contributed by atoms with Crippen LogP contribution in [0.25, 0.3) is 0 Å². The van der Waals surface area contributed by atoms with Crippen LogP contribution in [-0.4, -0.2) is 29.4 Å². The molecule has 0 aliphatic carbocycles. The molecule has 1 amide bonds. The van der Waals surface area contributed by atoms with Crippen LogP contribution >= 0.6 is 0 Å². The maximum atomic E-state index is 12.8. The molecule has 20 heavy (non-hydrogen) atoms. The van der Waals surface area contributed by atoms with Crippen molar-refractivity contribution < 1.29 is 4.79 Å². The Kier molecular flexibility index (Phi) is 3.79. The Balaban J connectivity index is 1.70. The van der Waals surface area contributed by atoms with Crippen molar-refractivity contribution in [1.29, 1.82) is 0 Å². The van der Waals surface area contributed by atoms with Crippen LogP contribution in [0.2, 0.25) is 0 Å². The molecule has 0 saturated carbocycles. The molecule has 2 saturated heterocycles. The van der Waals surface area contributed by atoms with Crippen molar-refractivity contribution in [1.82, 2.24) is 10.2 Å². The lowest BCUT2D eigenvalue weighted by Crippen LogP contribution is -2.40. The lowest BCUT2D eigenvalue weighted by molar-refractivity contribution is -0.136. The molecule has 108 valence electrons. The number of hydrogen-bond acceptors (Lipinski definition) is 2. The van der Waals surface area contributed by atoms with E-state index in [-0.39, 0.29) is 5.92 Å². The lowest BCUT2D eigenvalue weighted by atomic mass is 9.88. The summed E-state index contributed by atoms with van der Waals surface area (Å²) < 4.78 is 0. The first-order valence-electron chi connectivity index (χ1n) is 7.78. The zero-order valence-corrected chi connectivity index (χ0v) is 12.4. The summed E-state index contributed by atoms with van der Waals surface area (Å²) in [5.74, 6) is 0.549. The molecular formula is C17H24N2O. The molecule has 2 aliphatic heterocycles. The highest BCUT2D eigenvalue weighted by Gasteiger charge is 2.43. The van der Waals surface area contributed by atoms with Crippen molar-refractivity contribution in [3.63, 3.8) is 0 Å². The van der Waals surface area contributed by atoms with Crippen molar-refractivity contribution in [2.45, 2.75) is 51.7 Å². The fourth-order valence-corrected chi connectivity index (χ4v) is 3.67. The third-order valence-electron chi connectivity index (χ3n) is 4.93. The molecule has 0 spiro atoms. The van der Waals surface area contributed by atoms with Gasteiger partial charge in [-0.15, -0.1) is 0 Å². The van der Waals surface area contributed by atoms with Crippen molar-refractivity contribution in [2.24, 2.45) is 5.92 Å². The molecule has 1 aromatic rings. The number of amides is 1. The zero-order valence-electron chi connectivity index (χ0n) is 12.4. The van der Waals surface area contributed by atoms with Gasteiger partial charge in [-0.05, 0) is 44.2 Å². The van der Waals surface area contributed by atoms with Crippen molar-refractivity contribution in [3.05, 3.63) is 35.4 Å². The lowest BCUT2D eigenvalue weighted by Gasteiger charge is -2.28. The molecule has 3 atom stereocenters. The quantitative estimate of drug-likeness (QED) is 0.913. The topological polar surface area (TPSA) is 32.3 Å². The molecule has 2 heterocycles. The molecule has 3 rings (SSSR count). The monoisotopic (exact) mass is 272 g/mol. The van der Waals surface area contributed by atoms with E-state index >= 15 is 0 Å². The van der Waals surface area contributed by atoms with Gasteiger partial charge in [-0.2, -0.15) is 0 Å². The average Bonchev–Trinajstić information content (AvgIpc) is 3.08. The molecule has 2 fully saturated rings. The highest BCUT2D eigenvalue weighted by Crippen LogP contribution is 2.34. The molecule has 2 aliphatic rings. The molecule has 2 bridgehead atoms. The average molecular weight is 272 g/mol. The minimum atomic E-state index is 0.206. The number of nitrogens with one attached hydrogen (secondary N) is 1. The number of fused-ring (bicyclic) bond motifs is 2. The second kappa shape index (κ2) is 5.57. The molecule has 3 heteroatoms. The van der Waals surface area contributed by atoms with E-state index in [2.05, 4.69) is 43.4 Å². The predicted molar refractivity (Wildman–Crippen MR) is 80.3 cm³/mol. The van der Waals surface area contributed by atoms with Gasteiger partial charge in [-0.25, -0.2) is 0 Å². The molecule has 0 aromatic heterocycles. The van der Waals surface area contributed by atoms with Crippen LogP contribution < -0.4 is 5.32 Å². The van der Waals surface area contributed by atoms with E-state index in [1.807, 2.05) is 4.90 Å². The summed E-state index contributed by atoms with van der Waals surface area (Å²) in [4.78, 5) is 14.8. The van der Waals surface area contributed by atoms with E-state index in [9.17, 15) is 4.79 Å². The van der Waals surface area contributed by atoms with Crippen molar-refractivity contribution >= 4 is 5.91 Å². The number of benzene rings is 1. The summed E-state index contributed by atoms with van der Waals surface area (Å²) in [7, 11) is 0. The summed E-state index contributed by atoms with van der Waals surface area (Å²) in [5, 5.41) is 3.57. The maximum absolute atomic E-state index is 12.8. The van der Waals surface area contributed by atoms with E-state index in [0.29, 0.717) is 18.0 Å². The fraction of sp³-hybridized carbons (Fsp3) is 0.588. The van der Waals surface area contributed by atoms with Crippen LogP contribution in [0, 0.1) is 12.8 Å². The van der Waals surface area contributed by atoms with Gasteiger partial charge in [-0.1, -0.05) is 24.3 Å². The Bertz CT molecular complexity index is 500. The molecule has 0 radical (unpaired) electrons. The van der Waals surface area contributed by atoms with Gasteiger partial charge in [0.1, 0.15) is 0 Å². The molecule has 3 nitrogen and oxygen atoms in total. The zero-order chi connectivity index (χ0) is 14.1. The first kappa shape index (κ1) is 13.6. The summed E-state index contributed by atoms with van der Waals surface area (Å²) in [6, 6.07) is 9.37. The van der Waals surface area contributed by atoms with Gasteiger partial charge in [0, 0.05) is 25.2 Å². The molecular weight excluding hydrogens is 248 g/mol. The Morgan fingerprint density at radius 1 is 1.35 bits per heavy atom. The van der Waals surface area contributed by atoms with E-state index in [1.165, 1.54) is 24.0 Å². The van der Waals surface area contributed by atoms with Crippen molar-refractivity contribution in [2.75, 3.05) is 6.54 Å². The van der Waals surface area contributed by atoms with Crippen LogP contribution in [0.15, 0.2) is 24.3 Å². The van der Waals surface area contributed by atoms with E-state index in [1.54, 1.807) is 0 Å². The Morgan fingerprint density at radius 3 is 2.75 bits per heavy atom. The SMILES string of the molecule is CCN(Cc1ccccc1C)C(=O)C1CC2CCC1N2. The standard InChI is InChI=1S/C17H24N2O/c1-3-19(11-13-7-5-4-6-12(13)2)17(20)15-10-14-8-9-16(15)18-14/h4-7,14-16,18H,3,8-11H2,1-2H3. The van der Waals surface area contributed by atoms with Gasteiger partial charge in [0.2, 0.25) is 5.91 Å². The van der Waals surface area contributed by atoms with E-state index in [0.717, 1.165) is 19.5 Å². The highest BCUT2D eigenvalue weighted by atomic mass is 16.2. The second-order valence-electron chi connectivity index (χ2n) is 6.17. The van der Waals surface area contributed by atoms with Crippen LogP contribution in [0.4, 0.5) is 0 Å². The second-order valence-corrected chi connectivity index (χ2v) is 6.17. The van der Waals surface area contributed by atoms with Gasteiger partial charge < -0.3 is 10.2 Å². The molecule has 1 aromatic carbocycles. The summed E-state index contributed by atoms with van der Waals surface area (Å²) in [6.45, 7) is 5.74. The maximum Gasteiger partial charge on any atom is 0.227 e. The predicted octanol–water partition coefficient (Wildman–Crippen LogP) is 2.48. The largest absolute Gasteiger partial charge is 0.338 e. The van der Waals surface area contributed by atoms with Crippen molar-refractivity contribution in [3.8, 4) is 0 Å². The molecule has 1 N–H and O–H groups in total. The number of rotatable bonds is 4. The first-order chi connectivity index (χ1) is 9.69. The van der Waals surface area contributed by atoms with Gasteiger partial charge >= 0.3 is 0 Å². The van der Waals surface area contributed by atoms with Gasteiger partial charge in [0.25, 0.3) is 0 Å². The van der Waals surface area contributed by atoms with Gasteiger partial charge in [0.15, 0.2) is 0 Å². The van der Waals surface area contributed by atoms with Gasteiger partial charge in [0.05, 0.1) is 5.92 Å². The third kappa shape index (κ3) is 2.47. The minimum absolute atomic E-state index is 0.206. The highest BCUT2D eigenvalue weighted by molar-refractivity contribution is 5.80. The smallest absolute Gasteiger partial charge is 0.227 e.